The Bertz CT molecular complexity index is 137. The Hall–Kier alpha value is -0.0566. The minimum Gasteiger partial charge on any atom is -0.475 e. The van der Waals surface area contributed by atoms with E-state index in [1.165, 1.54) is 0 Å². The van der Waals surface area contributed by atoms with E-state index in [0.717, 1.165) is 0 Å². The first-order valence-electron chi connectivity index (χ1n) is 1.27. The number of aliphatic hydroxyl groups excluding tert-OH is 1. The van der Waals surface area contributed by atoms with E-state index >= 15 is 0 Å². The van der Waals surface area contributed by atoms with Crippen LogP contribution in [-0.2, 0) is 35.5 Å². The molecule has 0 amide bonds. The maximum atomic E-state index is 9.42. The summed E-state index contributed by atoms with van der Waals surface area (Å²) >= 11 is -0.444. The van der Waals surface area contributed by atoms with Crippen molar-refractivity contribution in [1.29, 1.82) is 0 Å². The molecule has 0 aromatic carbocycles. The summed E-state index contributed by atoms with van der Waals surface area (Å²) < 4.78 is 9.32. The van der Waals surface area contributed by atoms with Crippen LogP contribution in [0.5, 0.6) is 0 Å². The average molecular weight is 187 g/mol. The second-order valence-electron chi connectivity index (χ2n) is 0.694. The van der Waals surface area contributed by atoms with Crippen molar-refractivity contribution in [3.05, 3.63) is 0 Å². The fourth-order valence-electron chi connectivity index (χ4n) is 0.0356. The van der Waals surface area contributed by atoms with E-state index in [4.69, 9.17) is 10.2 Å². The monoisotopic (exact) mass is 186 g/mol. The molecule has 0 unspecified atom stereocenters. The molecule has 0 atom stereocenters. The Kier molecular flexibility index (Phi) is 6.89. The number of hydrogen-bond acceptors (Lipinski definition) is 2. The normalized spacial score (nSPS) is 6.62. The molecule has 0 rings (SSSR count). The van der Waals surface area contributed by atoms with Crippen LogP contribution in [0.1, 0.15) is 0 Å². The predicted octanol–water partition coefficient (Wildman–Crippen LogP) is -1.03. The number of carboxylic acids is 1. The molecule has 0 aromatic rings. The van der Waals surface area contributed by atoms with E-state index in [-0.39, 0.29) is 19.5 Å². The number of hydrogen-bond donors (Lipinski definition) is 2. The summed E-state index contributed by atoms with van der Waals surface area (Å²) in [4.78, 5) is 9.42. The molecule has 4 nitrogen and oxygen atoms in total. The molecular formula is C2H2O4SZn. The molecule has 0 heterocycles. The Morgan fingerprint density at radius 3 is 1.75 bits per heavy atom. The molecule has 0 aliphatic rings. The SMILES string of the molecule is O=S=C(O)C(=O)O.[Zn]. The second-order valence-corrected chi connectivity index (χ2v) is 1.25. The second kappa shape index (κ2) is 5.09. The maximum Gasteiger partial charge on any atom is 0.373 e. The Morgan fingerprint density at radius 1 is 1.38 bits per heavy atom. The molecule has 42 valence electrons. The number of aliphatic carboxylic acids is 1. The predicted molar refractivity (Wildman–Crippen MR) is 23.4 cm³/mol. The smallest absolute Gasteiger partial charge is 0.373 e. The zero-order valence-corrected chi connectivity index (χ0v) is 7.61. The zero-order chi connectivity index (χ0) is 5.86. The van der Waals surface area contributed by atoms with Gasteiger partial charge in [-0.25, -0.2) is 9.00 Å². The molecule has 0 saturated heterocycles. The van der Waals surface area contributed by atoms with Crippen LogP contribution < -0.4 is 0 Å². The molecule has 0 aliphatic carbocycles. The molecule has 6 heteroatoms. The first-order chi connectivity index (χ1) is 3.18. The number of rotatable bonds is 0. The number of carboxylic acid groups (broad SMARTS) is 1. The van der Waals surface area contributed by atoms with Gasteiger partial charge >= 0.3 is 5.97 Å². The molecule has 0 saturated carbocycles. The van der Waals surface area contributed by atoms with Gasteiger partial charge in [0.1, 0.15) is 11.3 Å². The summed E-state index contributed by atoms with van der Waals surface area (Å²) in [6.45, 7) is 0. The van der Waals surface area contributed by atoms with Gasteiger partial charge in [0.05, 0.1) is 0 Å². The van der Waals surface area contributed by atoms with E-state index in [0.29, 0.717) is 0 Å². The van der Waals surface area contributed by atoms with Crippen LogP contribution in [0.15, 0.2) is 0 Å². The number of aliphatic hydroxyl groups is 1. The molecule has 0 radical (unpaired) electrons. The molecule has 0 bridgehead atoms. The van der Waals surface area contributed by atoms with Gasteiger partial charge in [-0.05, 0) is 0 Å². The number of carbonyl (C=O) groups is 1. The van der Waals surface area contributed by atoms with Gasteiger partial charge in [-0.15, -0.1) is 0 Å². The Labute approximate surface area is 61.3 Å². The van der Waals surface area contributed by atoms with E-state index in [2.05, 4.69) is 0 Å². The van der Waals surface area contributed by atoms with Gasteiger partial charge in [0.2, 0.25) is 0 Å². The van der Waals surface area contributed by atoms with Crippen LogP contribution in [0.4, 0.5) is 0 Å². The van der Waals surface area contributed by atoms with Crippen molar-refractivity contribution in [1.82, 2.24) is 0 Å². The average Bonchev–Trinajstić information content (AvgIpc) is 1.65. The van der Waals surface area contributed by atoms with Crippen LogP contribution in [-0.4, -0.2) is 25.4 Å². The summed E-state index contributed by atoms with van der Waals surface area (Å²) in [7, 11) is 0. The van der Waals surface area contributed by atoms with Crippen molar-refractivity contribution in [2.75, 3.05) is 0 Å². The van der Waals surface area contributed by atoms with Gasteiger partial charge in [0.25, 0.3) is 5.05 Å². The van der Waals surface area contributed by atoms with Crippen LogP contribution in [0.25, 0.3) is 0 Å². The third-order valence-electron chi connectivity index (χ3n) is 0.262. The third kappa shape index (κ3) is 4.11. The van der Waals surface area contributed by atoms with Crippen LogP contribution in [0.2, 0.25) is 0 Å². The van der Waals surface area contributed by atoms with E-state index in [9.17, 15) is 9.00 Å². The maximum absolute atomic E-state index is 9.42. The largest absolute Gasteiger partial charge is 0.475 e. The van der Waals surface area contributed by atoms with Gasteiger partial charge in [-0.3, -0.25) is 0 Å². The molecule has 0 spiro atoms. The summed E-state index contributed by atoms with van der Waals surface area (Å²) in [5, 5.41) is 14.5. The van der Waals surface area contributed by atoms with Crippen molar-refractivity contribution in [2.24, 2.45) is 0 Å². The van der Waals surface area contributed by atoms with Crippen molar-refractivity contribution in [2.45, 2.75) is 0 Å². The summed E-state index contributed by atoms with van der Waals surface area (Å²) in [5.74, 6) is -1.58. The van der Waals surface area contributed by atoms with Crippen molar-refractivity contribution in [3.8, 4) is 0 Å². The summed E-state index contributed by atoms with van der Waals surface area (Å²) in [6.07, 6.45) is 0. The molecule has 0 aromatic heterocycles. The van der Waals surface area contributed by atoms with Crippen LogP contribution in [0.3, 0.4) is 0 Å². The van der Waals surface area contributed by atoms with Gasteiger partial charge in [-0.2, -0.15) is 0 Å². The first kappa shape index (κ1) is 10.8. The topological polar surface area (TPSA) is 74.6 Å². The van der Waals surface area contributed by atoms with Gasteiger partial charge in [0, 0.05) is 19.5 Å². The Balaban J connectivity index is 0. The fourth-order valence-corrected chi connectivity index (χ4v) is 0.107. The Morgan fingerprint density at radius 2 is 1.75 bits per heavy atom. The van der Waals surface area contributed by atoms with Crippen molar-refractivity contribution < 1.29 is 38.7 Å². The zero-order valence-electron chi connectivity index (χ0n) is 3.83. The van der Waals surface area contributed by atoms with Gasteiger partial charge in [0.15, 0.2) is 0 Å². The molecule has 0 fully saturated rings. The molecule has 0 aliphatic heterocycles. The van der Waals surface area contributed by atoms with E-state index in [1.54, 1.807) is 0 Å². The quantitative estimate of drug-likeness (QED) is 0.376. The van der Waals surface area contributed by atoms with Gasteiger partial charge < -0.3 is 10.2 Å². The first-order valence-corrected chi connectivity index (χ1v) is 2.01. The van der Waals surface area contributed by atoms with Crippen LogP contribution >= 0.6 is 0 Å². The van der Waals surface area contributed by atoms with E-state index in [1.807, 2.05) is 0 Å². The van der Waals surface area contributed by atoms with Crippen LogP contribution in [0, 0.1) is 0 Å². The molecular weight excluding hydrogens is 185 g/mol. The molecule has 2 N–H and O–H groups in total. The standard InChI is InChI=1S/C2H2O4S.Zn/c3-1(4)2(5)7-6;/h5H,(H,3,4);. The third-order valence-corrected chi connectivity index (χ3v) is 0.594. The van der Waals surface area contributed by atoms with Crippen molar-refractivity contribution in [3.63, 3.8) is 0 Å². The fraction of sp³-hybridized carbons (Fsp3) is 0. The summed E-state index contributed by atoms with van der Waals surface area (Å²) in [5.41, 5.74) is 0. The summed E-state index contributed by atoms with van der Waals surface area (Å²) in [6, 6.07) is 0. The minimum absolute atomic E-state index is 0. The van der Waals surface area contributed by atoms with Crippen molar-refractivity contribution >= 4 is 22.3 Å². The van der Waals surface area contributed by atoms with Gasteiger partial charge in [-0.1, -0.05) is 0 Å². The minimum atomic E-state index is -1.58. The molecule has 8 heavy (non-hydrogen) atoms. The van der Waals surface area contributed by atoms with E-state index < -0.39 is 22.3 Å².